The number of nitrogens with two attached hydrogens (primary N) is 1. The van der Waals surface area contributed by atoms with Gasteiger partial charge in [0.05, 0.1) is 6.10 Å². The van der Waals surface area contributed by atoms with Crippen molar-refractivity contribution in [2.24, 2.45) is 11.7 Å². The summed E-state index contributed by atoms with van der Waals surface area (Å²) in [7, 11) is 0. The number of aliphatic hydroxyl groups is 1. The predicted molar refractivity (Wildman–Crippen MR) is 41.6 cm³/mol. The van der Waals surface area contributed by atoms with E-state index in [0.717, 1.165) is 19.4 Å². The van der Waals surface area contributed by atoms with Gasteiger partial charge in [-0.25, -0.2) is 0 Å². The van der Waals surface area contributed by atoms with Crippen LogP contribution in [0, 0.1) is 5.92 Å². The third-order valence-corrected chi connectivity index (χ3v) is 2.34. The molecule has 60 valence electrons. The highest BCUT2D eigenvalue weighted by molar-refractivity contribution is 4.70. The van der Waals surface area contributed by atoms with E-state index in [1.54, 1.807) is 0 Å². The molecule has 0 bridgehead atoms. The van der Waals surface area contributed by atoms with Crippen LogP contribution in [0.3, 0.4) is 0 Å². The molecule has 0 spiro atoms. The fourth-order valence-electron chi connectivity index (χ4n) is 1.65. The van der Waals surface area contributed by atoms with Gasteiger partial charge < -0.3 is 10.8 Å². The minimum atomic E-state index is -0.0731. The lowest BCUT2D eigenvalue weighted by molar-refractivity contribution is 0.142. The van der Waals surface area contributed by atoms with Gasteiger partial charge in [0.25, 0.3) is 0 Å². The van der Waals surface area contributed by atoms with Crippen LogP contribution in [0.4, 0.5) is 0 Å². The van der Waals surface area contributed by atoms with Crippen LogP contribution in [0.1, 0.15) is 32.1 Å². The SMILES string of the molecule is NCC1CCCCC(O)C1. The number of rotatable bonds is 1. The summed E-state index contributed by atoms with van der Waals surface area (Å²) in [5.41, 5.74) is 5.52. The Morgan fingerprint density at radius 1 is 1.30 bits per heavy atom. The highest BCUT2D eigenvalue weighted by Crippen LogP contribution is 2.21. The number of hydrogen-bond acceptors (Lipinski definition) is 2. The maximum absolute atomic E-state index is 9.34. The van der Waals surface area contributed by atoms with Gasteiger partial charge in [0.2, 0.25) is 0 Å². The molecule has 1 saturated carbocycles. The summed E-state index contributed by atoms with van der Waals surface area (Å²) >= 11 is 0. The molecule has 0 heterocycles. The van der Waals surface area contributed by atoms with Crippen LogP contribution in [0.5, 0.6) is 0 Å². The summed E-state index contributed by atoms with van der Waals surface area (Å²) in [6.07, 6.45) is 5.48. The Kier molecular flexibility index (Phi) is 3.16. The van der Waals surface area contributed by atoms with Gasteiger partial charge >= 0.3 is 0 Å². The first-order valence-electron chi connectivity index (χ1n) is 4.21. The fourth-order valence-corrected chi connectivity index (χ4v) is 1.65. The van der Waals surface area contributed by atoms with Gasteiger partial charge in [-0.1, -0.05) is 12.8 Å². The monoisotopic (exact) mass is 143 g/mol. The van der Waals surface area contributed by atoms with Gasteiger partial charge in [-0.2, -0.15) is 0 Å². The summed E-state index contributed by atoms with van der Waals surface area (Å²) in [4.78, 5) is 0. The summed E-state index contributed by atoms with van der Waals surface area (Å²) in [6, 6.07) is 0. The Morgan fingerprint density at radius 2 is 2.00 bits per heavy atom. The van der Waals surface area contributed by atoms with E-state index in [0.29, 0.717) is 5.92 Å². The molecular formula is C8H17NO. The van der Waals surface area contributed by atoms with E-state index in [-0.39, 0.29) is 6.10 Å². The van der Waals surface area contributed by atoms with Crippen LogP contribution in [-0.2, 0) is 0 Å². The Hall–Kier alpha value is -0.0800. The molecule has 2 heteroatoms. The van der Waals surface area contributed by atoms with Crippen molar-refractivity contribution >= 4 is 0 Å². The van der Waals surface area contributed by atoms with E-state index in [4.69, 9.17) is 5.73 Å². The molecule has 1 aliphatic rings. The second-order valence-corrected chi connectivity index (χ2v) is 3.28. The zero-order valence-electron chi connectivity index (χ0n) is 6.42. The molecule has 0 saturated heterocycles. The van der Waals surface area contributed by atoms with Crippen molar-refractivity contribution in [1.29, 1.82) is 0 Å². The molecule has 1 rings (SSSR count). The van der Waals surface area contributed by atoms with E-state index in [2.05, 4.69) is 0 Å². The van der Waals surface area contributed by atoms with Crippen LogP contribution >= 0.6 is 0 Å². The van der Waals surface area contributed by atoms with E-state index in [9.17, 15) is 5.11 Å². The van der Waals surface area contributed by atoms with Gasteiger partial charge in [-0.15, -0.1) is 0 Å². The van der Waals surface area contributed by atoms with Crippen LogP contribution in [-0.4, -0.2) is 17.8 Å². The number of hydrogen-bond donors (Lipinski definition) is 2. The molecule has 10 heavy (non-hydrogen) atoms. The highest BCUT2D eigenvalue weighted by Gasteiger charge is 2.16. The normalized spacial score (nSPS) is 35.4. The largest absolute Gasteiger partial charge is 0.393 e. The first-order valence-corrected chi connectivity index (χ1v) is 4.21. The Labute approximate surface area is 62.4 Å². The molecule has 2 atom stereocenters. The van der Waals surface area contributed by atoms with Crippen molar-refractivity contribution in [3.63, 3.8) is 0 Å². The van der Waals surface area contributed by atoms with Gasteiger partial charge in [-0.3, -0.25) is 0 Å². The quantitative estimate of drug-likeness (QED) is 0.535. The minimum Gasteiger partial charge on any atom is -0.393 e. The fraction of sp³-hybridized carbons (Fsp3) is 1.00. The van der Waals surface area contributed by atoms with Gasteiger partial charge in [0.15, 0.2) is 0 Å². The van der Waals surface area contributed by atoms with E-state index in [1.165, 1.54) is 19.3 Å². The topological polar surface area (TPSA) is 46.2 Å². The molecular weight excluding hydrogens is 126 g/mol. The highest BCUT2D eigenvalue weighted by atomic mass is 16.3. The molecule has 0 radical (unpaired) electrons. The number of aliphatic hydroxyl groups excluding tert-OH is 1. The summed E-state index contributed by atoms with van der Waals surface area (Å²) in [5.74, 6) is 0.581. The summed E-state index contributed by atoms with van der Waals surface area (Å²) in [5, 5.41) is 9.34. The second-order valence-electron chi connectivity index (χ2n) is 3.28. The third-order valence-electron chi connectivity index (χ3n) is 2.34. The maximum atomic E-state index is 9.34. The molecule has 1 aliphatic carbocycles. The lowest BCUT2D eigenvalue weighted by atomic mass is 10.00. The zero-order chi connectivity index (χ0) is 7.40. The van der Waals surface area contributed by atoms with Crippen LogP contribution in [0.15, 0.2) is 0 Å². The van der Waals surface area contributed by atoms with Crippen molar-refractivity contribution in [1.82, 2.24) is 0 Å². The van der Waals surface area contributed by atoms with Crippen LogP contribution < -0.4 is 5.73 Å². The average molecular weight is 143 g/mol. The predicted octanol–water partition coefficient (Wildman–Crippen LogP) is 0.886. The van der Waals surface area contributed by atoms with Crippen molar-refractivity contribution in [2.75, 3.05) is 6.54 Å². The summed E-state index contributed by atoms with van der Waals surface area (Å²) in [6.45, 7) is 0.747. The van der Waals surface area contributed by atoms with Crippen molar-refractivity contribution in [2.45, 2.75) is 38.2 Å². The van der Waals surface area contributed by atoms with Gasteiger partial charge in [0.1, 0.15) is 0 Å². The molecule has 2 nitrogen and oxygen atoms in total. The molecule has 0 aromatic rings. The summed E-state index contributed by atoms with van der Waals surface area (Å²) < 4.78 is 0. The van der Waals surface area contributed by atoms with E-state index < -0.39 is 0 Å². The molecule has 0 aromatic heterocycles. The van der Waals surface area contributed by atoms with Crippen LogP contribution in [0.25, 0.3) is 0 Å². The molecule has 1 fully saturated rings. The Morgan fingerprint density at radius 3 is 2.70 bits per heavy atom. The second kappa shape index (κ2) is 3.94. The van der Waals surface area contributed by atoms with Crippen molar-refractivity contribution in [3.05, 3.63) is 0 Å². The minimum absolute atomic E-state index is 0.0731. The first kappa shape index (κ1) is 8.02. The smallest absolute Gasteiger partial charge is 0.0543 e. The molecule has 0 amide bonds. The lowest BCUT2D eigenvalue weighted by Gasteiger charge is -2.12. The molecule has 3 N–H and O–H groups in total. The maximum Gasteiger partial charge on any atom is 0.0543 e. The Balaban J connectivity index is 2.30. The molecule has 0 aliphatic heterocycles. The molecule has 2 unspecified atom stereocenters. The zero-order valence-corrected chi connectivity index (χ0v) is 6.42. The Bertz CT molecular complexity index is 95.3. The standard InChI is InChI=1S/C8H17NO/c9-6-7-3-1-2-4-8(10)5-7/h7-8,10H,1-6,9H2. The van der Waals surface area contributed by atoms with Crippen molar-refractivity contribution in [3.8, 4) is 0 Å². The van der Waals surface area contributed by atoms with Gasteiger partial charge in [0, 0.05) is 0 Å². The van der Waals surface area contributed by atoms with Gasteiger partial charge in [-0.05, 0) is 31.7 Å². The van der Waals surface area contributed by atoms with Crippen molar-refractivity contribution < 1.29 is 5.11 Å². The first-order chi connectivity index (χ1) is 4.83. The van der Waals surface area contributed by atoms with E-state index in [1.807, 2.05) is 0 Å². The van der Waals surface area contributed by atoms with Crippen LogP contribution in [0.2, 0.25) is 0 Å². The third kappa shape index (κ3) is 2.27. The lowest BCUT2D eigenvalue weighted by Crippen LogP contribution is -2.18. The molecule has 0 aromatic carbocycles. The average Bonchev–Trinajstić information content (AvgIpc) is 2.13. The van der Waals surface area contributed by atoms with E-state index >= 15 is 0 Å².